The van der Waals surface area contributed by atoms with Crippen molar-refractivity contribution in [3.63, 3.8) is 0 Å². The second-order valence-corrected chi connectivity index (χ2v) is 6.21. The minimum absolute atomic E-state index is 0.155. The largest absolute Gasteiger partial charge is 0.393 e. The Labute approximate surface area is 116 Å². The van der Waals surface area contributed by atoms with Crippen LogP contribution >= 0.6 is 27.5 Å². The molecule has 1 nitrogen and oxygen atoms in total. The summed E-state index contributed by atoms with van der Waals surface area (Å²) >= 11 is 9.56. The highest BCUT2D eigenvalue weighted by molar-refractivity contribution is 9.10. The fourth-order valence-corrected chi connectivity index (χ4v) is 3.37. The first-order valence-electron chi connectivity index (χ1n) is 6.29. The Morgan fingerprint density at radius 2 is 2.06 bits per heavy atom. The van der Waals surface area contributed by atoms with Crippen LogP contribution in [-0.4, -0.2) is 11.2 Å². The molecule has 0 amide bonds. The van der Waals surface area contributed by atoms with Crippen molar-refractivity contribution in [1.29, 1.82) is 0 Å². The van der Waals surface area contributed by atoms with Crippen LogP contribution in [0.25, 0.3) is 0 Å². The molecule has 0 radical (unpaired) electrons. The fraction of sp³-hybridized carbons (Fsp3) is 0.571. The van der Waals surface area contributed by atoms with Gasteiger partial charge in [-0.1, -0.05) is 46.4 Å². The molecule has 0 aromatic heterocycles. The van der Waals surface area contributed by atoms with E-state index in [0.29, 0.717) is 5.92 Å². The number of aryl methyl sites for hydroxylation is 1. The fourth-order valence-electron chi connectivity index (χ4n) is 2.61. The van der Waals surface area contributed by atoms with E-state index < -0.39 is 0 Å². The molecule has 94 valence electrons. The lowest BCUT2D eigenvalue weighted by Gasteiger charge is -2.17. The van der Waals surface area contributed by atoms with Crippen molar-refractivity contribution in [3.05, 3.63) is 33.3 Å². The predicted octanol–water partition coefficient (Wildman–Crippen LogP) is 4.59. The summed E-state index contributed by atoms with van der Waals surface area (Å²) in [7, 11) is 0. The number of aliphatic hydroxyl groups excluding tert-OH is 1. The summed E-state index contributed by atoms with van der Waals surface area (Å²) < 4.78 is 1.00. The highest BCUT2D eigenvalue weighted by Crippen LogP contribution is 2.30. The summed E-state index contributed by atoms with van der Waals surface area (Å²) in [6.07, 6.45) is 6.47. The Morgan fingerprint density at radius 3 is 2.71 bits per heavy atom. The number of hydrogen-bond acceptors (Lipinski definition) is 1. The Kier molecular flexibility index (Phi) is 4.89. The van der Waals surface area contributed by atoms with Crippen molar-refractivity contribution in [2.45, 2.75) is 44.6 Å². The van der Waals surface area contributed by atoms with Gasteiger partial charge in [-0.15, -0.1) is 0 Å². The number of hydrogen-bond donors (Lipinski definition) is 1. The van der Waals surface area contributed by atoms with Gasteiger partial charge in [0.15, 0.2) is 0 Å². The average Bonchev–Trinajstić information content (AvgIpc) is 2.81. The zero-order valence-corrected chi connectivity index (χ0v) is 12.2. The summed E-state index contributed by atoms with van der Waals surface area (Å²) in [6.45, 7) is 0. The van der Waals surface area contributed by atoms with E-state index in [1.807, 2.05) is 18.2 Å². The second kappa shape index (κ2) is 6.21. The molecule has 1 aliphatic carbocycles. The second-order valence-electron chi connectivity index (χ2n) is 4.89. The molecule has 1 N–H and O–H groups in total. The van der Waals surface area contributed by atoms with Crippen molar-refractivity contribution >= 4 is 27.5 Å². The first-order chi connectivity index (χ1) is 8.16. The summed E-state index contributed by atoms with van der Waals surface area (Å²) in [6, 6.07) is 5.95. The summed E-state index contributed by atoms with van der Waals surface area (Å²) in [4.78, 5) is 0. The molecular formula is C14H18BrClO. The molecule has 0 heterocycles. The molecule has 1 aliphatic rings. The van der Waals surface area contributed by atoms with Crippen LogP contribution in [0.3, 0.4) is 0 Å². The zero-order valence-electron chi connectivity index (χ0n) is 9.83. The molecule has 0 aliphatic heterocycles. The van der Waals surface area contributed by atoms with Crippen LogP contribution in [0, 0.1) is 5.92 Å². The van der Waals surface area contributed by atoms with Crippen LogP contribution in [0.15, 0.2) is 22.7 Å². The highest BCUT2D eigenvalue weighted by atomic mass is 79.9. The van der Waals surface area contributed by atoms with E-state index in [0.717, 1.165) is 27.9 Å². The molecule has 1 saturated carbocycles. The van der Waals surface area contributed by atoms with Crippen molar-refractivity contribution in [2.24, 2.45) is 5.92 Å². The molecule has 1 atom stereocenters. The summed E-state index contributed by atoms with van der Waals surface area (Å²) in [5, 5.41) is 10.9. The van der Waals surface area contributed by atoms with Crippen LogP contribution in [-0.2, 0) is 6.42 Å². The quantitative estimate of drug-likeness (QED) is 0.861. The van der Waals surface area contributed by atoms with Crippen LogP contribution in [0.1, 0.15) is 37.7 Å². The lowest BCUT2D eigenvalue weighted by atomic mass is 9.95. The molecule has 1 aromatic carbocycles. The maximum atomic E-state index is 10.1. The monoisotopic (exact) mass is 316 g/mol. The number of aliphatic hydroxyl groups is 1. The number of rotatable bonds is 4. The van der Waals surface area contributed by atoms with Crippen LogP contribution in [0.5, 0.6) is 0 Å². The van der Waals surface area contributed by atoms with E-state index >= 15 is 0 Å². The van der Waals surface area contributed by atoms with Crippen molar-refractivity contribution in [1.82, 2.24) is 0 Å². The molecule has 1 fully saturated rings. The Morgan fingerprint density at radius 1 is 1.35 bits per heavy atom. The van der Waals surface area contributed by atoms with E-state index in [9.17, 15) is 5.11 Å². The zero-order chi connectivity index (χ0) is 12.3. The smallest absolute Gasteiger partial charge is 0.0571 e. The molecule has 2 rings (SSSR count). The van der Waals surface area contributed by atoms with Gasteiger partial charge in [0.2, 0.25) is 0 Å². The first-order valence-corrected chi connectivity index (χ1v) is 7.46. The van der Waals surface area contributed by atoms with Gasteiger partial charge < -0.3 is 5.11 Å². The van der Waals surface area contributed by atoms with E-state index in [4.69, 9.17) is 11.6 Å². The standard InChI is InChI=1S/C14H18BrClO/c15-12-7-5-10(13(16)9-12)6-8-14(17)11-3-1-2-4-11/h5,7,9,11,14,17H,1-4,6,8H2. The first kappa shape index (κ1) is 13.4. The number of halogens is 2. The van der Waals surface area contributed by atoms with Gasteiger partial charge in [0.25, 0.3) is 0 Å². The molecule has 0 spiro atoms. The Hall–Kier alpha value is -0.0500. The normalized spacial score (nSPS) is 18.5. The molecule has 3 heteroatoms. The van der Waals surface area contributed by atoms with Gasteiger partial charge in [-0.25, -0.2) is 0 Å². The van der Waals surface area contributed by atoms with E-state index in [1.54, 1.807) is 0 Å². The van der Waals surface area contributed by atoms with Gasteiger partial charge in [0, 0.05) is 9.50 Å². The van der Waals surface area contributed by atoms with Crippen molar-refractivity contribution in [3.8, 4) is 0 Å². The minimum Gasteiger partial charge on any atom is -0.393 e. The summed E-state index contributed by atoms with van der Waals surface area (Å²) in [5.41, 5.74) is 1.13. The van der Waals surface area contributed by atoms with E-state index in [1.165, 1.54) is 25.7 Å². The summed E-state index contributed by atoms with van der Waals surface area (Å²) in [5.74, 6) is 0.518. The van der Waals surface area contributed by atoms with Crippen LogP contribution in [0.2, 0.25) is 5.02 Å². The van der Waals surface area contributed by atoms with Gasteiger partial charge in [-0.3, -0.25) is 0 Å². The maximum Gasteiger partial charge on any atom is 0.0571 e. The minimum atomic E-state index is -0.155. The van der Waals surface area contributed by atoms with Gasteiger partial charge in [-0.05, 0) is 49.3 Å². The van der Waals surface area contributed by atoms with Gasteiger partial charge in [-0.2, -0.15) is 0 Å². The van der Waals surface area contributed by atoms with E-state index in [2.05, 4.69) is 15.9 Å². The Bertz CT molecular complexity index is 374. The molecule has 0 bridgehead atoms. The van der Waals surface area contributed by atoms with Crippen molar-refractivity contribution < 1.29 is 5.11 Å². The molecule has 17 heavy (non-hydrogen) atoms. The van der Waals surface area contributed by atoms with E-state index in [-0.39, 0.29) is 6.10 Å². The van der Waals surface area contributed by atoms with Gasteiger partial charge in [0.1, 0.15) is 0 Å². The third kappa shape index (κ3) is 3.70. The van der Waals surface area contributed by atoms with Crippen molar-refractivity contribution in [2.75, 3.05) is 0 Å². The van der Waals surface area contributed by atoms with Gasteiger partial charge >= 0.3 is 0 Å². The predicted molar refractivity (Wildman–Crippen MR) is 75.4 cm³/mol. The lowest BCUT2D eigenvalue weighted by molar-refractivity contribution is 0.102. The molecule has 1 aromatic rings. The molecular weight excluding hydrogens is 300 g/mol. The maximum absolute atomic E-state index is 10.1. The van der Waals surface area contributed by atoms with Gasteiger partial charge in [0.05, 0.1) is 6.10 Å². The third-order valence-corrected chi connectivity index (χ3v) is 4.51. The molecule has 0 saturated heterocycles. The third-order valence-electron chi connectivity index (χ3n) is 3.67. The SMILES string of the molecule is OC(CCc1ccc(Br)cc1Cl)C1CCCC1. The molecule has 1 unspecified atom stereocenters. The van der Waals surface area contributed by atoms with Crippen LogP contribution < -0.4 is 0 Å². The lowest BCUT2D eigenvalue weighted by Crippen LogP contribution is -2.18. The highest BCUT2D eigenvalue weighted by Gasteiger charge is 2.22. The topological polar surface area (TPSA) is 20.2 Å². The average molecular weight is 318 g/mol. The van der Waals surface area contributed by atoms with Crippen LogP contribution in [0.4, 0.5) is 0 Å². The number of benzene rings is 1. The Balaban J connectivity index is 1.88.